The summed E-state index contributed by atoms with van der Waals surface area (Å²) >= 11 is 0. The van der Waals surface area contributed by atoms with Crippen molar-refractivity contribution < 1.29 is 0 Å². The number of hydrogen-bond donors (Lipinski definition) is 1. The van der Waals surface area contributed by atoms with Crippen LogP contribution in [0.2, 0.25) is 0 Å². The molecule has 0 spiro atoms. The van der Waals surface area contributed by atoms with Gasteiger partial charge in [-0.3, -0.25) is 4.90 Å². The molecule has 0 aromatic rings. The molecule has 1 saturated carbocycles. The average Bonchev–Trinajstić information content (AvgIpc) is 2.75. The monoisotopic (exact) mass is 224 g/mol. The van der Waals surface area contributed by atoms with Crippen LogP contribution in [0.25, 0.3) is 0 Å². The molecule has 0 bridgehead atoms. The quantitative estimate of drug-likeness (QED) is 0.776. The highest BCUT2D eigenvalue weighted by molar-refractivity contribution is 5.01. The van der Waals surface area contributed by atoms with Crippen molar-refractivity contribution >= 4 is 0 Å². The SMILES string of the molecule is CCC1(C)CN(C2CCCC2)C(C)(C)CN1. The highest BCUT2D eigenvalue weighted by Gasteiger charge is 2.42. The van der Waals surface area contributed by atoms with Gasteiger partial charge in [0.05, 0.1) is 0 Å². The van der Waals surface area contributed by atoms with Crippen LogP contribution in [0.5, 0.6) is 0 Å². The van der Waals surface area contributed by atoms with Gasteiger partial charge in [-0.2, -0.15) is 0 Å². The maximum Gasteiger partial charge on any atom is 0.0281 e. The predicted octanol–water partition coefficient (Wildman–Crippen LogP) is 2.78. The minimum absolute atomic E-state index is 0.331. The topological polar surface area (TPSA) is 15.3 Å². The van der Waals surface area contributed by atoms with E-state index in [9.17, 15) is 0 Å². The summed E-state index contributed by atoms with van der Waals surface area (Å²) in [6.45, 7) is 11.8. The van der Waals surface area contributed by atoms with Crippen LogP contribution in [0.3, 0.4) is 0 Å². The van der Waals surface area contributed by atoms with E-state index in [1.54, 1.807) is 0 Å². The second kappa shape index (κ2) is 4.30. The molecule has 0 aromatic carbocycles. The van der Waals surface area contributed by atoms with Crippen molar-refractivity contribution in [1.29, 1.82) is 0 Å². The average molecular weight is 224 g/mol. The van der Waals surface area contributed by atoms with Crippen molar-refractivity contribution in [2.45, 2.75) is 76.9 Å². The Kier molecular flexibility index (Phi) is 3.33. The van der Waals surface area contributed by atoms with E-state index in [2.05, 4.69) is 37.9 Å². The van der Waals surface area contributed by atoms with Gasteiger partial charge in [-0.05, 0) is 40.0 Å². The standard InChI is InChI=1S/C14H28N2/c1-5-14(4)11-16(12-8-6-7-9-12)13(2,3)10-15-14/h12,15H,5-11H2,1-4H3. The van der Waals surface area contributed by atoms with Crippen LogP contribution in [0.4, 0.5) is 0 Å². The Morgan fingerprint density at radius 2 is 1.81 bits per heavy atom. The minimum Gasteiger partial charge on any atom is -0.308 e. The highest BCUT2D eigenvalue weighted by atomic mass is 15.3. The largest absolute Gasteiger partial charge is 0.308 e. The Bertz CT molecular complexity index is 243. The van der Waals surface area contributed by atoms with Crippen LogP contribution >= 0.6 is 0 Å². The third-order valence-electron chi connectivity index (χ3n) is 4.79. The zero-order valence-corrected chi connectivity index (χ0v) is 11.5. The minimum atomic E-state index is 0.331. The molecule has 2 nitrogen and oxygen atoms in total. The lowest BCUT2D eigenvalue weighted by molar-refractivity contribution is -0.00176. The lowest BCUT2D eigenvalue weighted by Crippen LogP contribution is -2.68. The van der Waals surface area contributed by atoms with Gasteiger partial charge in [0.15, 0.2) is 0 Å². The molecule has 0 radical (unpaired) electrons. The van der Waals surface area contributed by atoms with Crippen molar-refractivity contribution in [3.8, 4) is 0 Å². The molecule has 1 N–H and O–H groups in total. The lowest BCUT2D eigenvalue weighted by atomic mass is 9.86. The Balaban J connectivity index is 2.11. The fourth-order valence-corrected chi connectivity index (χ4v) is 3.25. The molecule has 16 heavy (non-hydrogen) atoms. The van der Waals surface area contributed by atoms with Gasteiger partial charge >= 0.3 is 0 Å². The molecule has 1 unspecified atom stereocenters. The summed E-state index contributed by atoms with van der Waals surface area (Å²) < 4.78 is 0. The van der Waals surface area contributed by atoms with E-state index in [0.29, 0.717) is 11.1 Å². The maximum absolute atomic E-state index is 3.75. The third kappa shape index (κ3) is 2.28. The van der Waals surface area contributed by atoms with E-state index in [0.717, 1.165) is 12.6 Å². The zero-order chi connectivity index (χ0) is 11.8. The second-order valence-electron chi connectivity index (χ2n) is 6.65. The van der Waals surface area contributed by atoms with Crippen LogP contribution < -0.4 is 5.32 Å². The third-order valence-corrected chi connectivity index (χ3v) is 4.79. The Labute approximate surface area is 101 Å². The normalized spacial score (nSPS) is 36.8. The molecule has 2 rings (SSSR count). The number of nitrogens with one attached hydrogen (secondary N) is 1. The van der Waals surface area contributed by atoms with Crippen LogP contribution in [0.15, 0.2) is 0 Å². The van der Waals surface area contributed by atoms with Gasteiger partial charge < -0.3 is 5.32 Å². The fourth-order valence-electron chi connectivity index (χ4n) is 3.25. The summed E-state index contributed by atoms with van der Waals surface area (Å²) in [6, 6.07) is 0.850. The van der Waals surface area contributed by atoms with E-state index >= 15 is 0 Å². The molecule has 0 aromatic heterocycles. The first kappa shape index (κ1) is 12.4. The van der Waals surface area contributed by atoms with Crippen molar-refractivity contribution in [3.05, 3.63) is 0 Å². The Hall–Kier alpha value is -0.0800. The summed E-state index contributed by atoms with van der Waals surface area (Å²) in [6.07, 6.45) is 6.94. The molecular weight excluding hydrogens is 196 g/mol. The number of nitrogens with zero attached hydrogens (tertiary/aromatic N) is 1. The van der Waals surface area contributed by atoms with Gasteiger partial charge in [-0.1, -0.05) is 19.8 Å². The van der Waals surface area contributed by atoms with Gasteiger partial charge in [0.25, 0.3) is 0 Å². The first-order valence-electron chi connectivity index (χ1n) is 6.99. The molecule has 1 atom stereocenters. The fraction of sp³-hybridized carbons (Fsp3) is 1.00. The van der Waals surface area contributed by atoms with Crippen LogP contribution in [-0.4, -0.2) is 35.1 Å². The summed E-state index contributed by atoms with van der Waals surface area (Å²) in [5, 5.41) is 3.75. The first-order chi connectivity index (χ1) is 7.47. The molecular formula is C14H28N2. The van der Waals surface area contributed by atoms with E-state index in [1.807, 2.05) is 0 Å². The Morgan fingerprint density at radius 1 is 1.19 bits per heavy atom. The number of hydrogen-bond acceptors (Lipinski definition) is 2. The number of rotatable bonds is 2. The van der Waals surface area contributed by atoms with Gasteiger partial charge in [-0.25, -0.2) is 0 Å². The Morgan fingerprint density at radius 3 is 2.38 bits per heavy atom. The van der Waals surface area contributed by atoms with Gasteiger partial charge in [0.1, 0.15) is 0 Å². The van der Waals surface area contributed by atoms with E-state index in [1.165, 1.54) is 38.6 Å². The second-order valence-corrected chi connectivity index (χ2v) is 6.65. The molecule has 0 amide bonds. The molecule has 2 aliphatic rings. The van der Waals surface area contributed by atoms with Crippen LogP contribution in [0.1, 0.15) is 59.8 Å². The number of piperazine rings is 1. The predicted molar refractivity (Wildman–Crippen MR) is 69.7 cm³/mol. The van der Waals surface area contributed by atoms with Gasteiger partial charge in [0, 0.05) is 30.2 Å². The molecule has 1 aliphatic heterocycles. The zero-order valence-electron chi connectivity index (χ0n) is 11.5. The molecule has 1 aliphatic carbocycles. The summed E-state index contributed by atoms with van der Waals surface area (Å²) in [4.78, 5) is 2.79. The first-order valence-corrected chi connectivity index (χ1v) is 6.99. The maximum atomic E-state index is 3.75. The van der Waals surface area contributed by atoms with Crippen LogP contribution in [-0.2, 0) is 0 Å². The van der Waals surface area contributed by atoms with E-state index in [-0.39, 0.29) is 0 Å². The van der Waals surface area contributed by atoms with Crippen LogP contribution in [0, 0.1) is 0 Å². The summed E-state index contributed by atoms with van der Waals surface area (Å²) in [7, 11) is 0. The van der Waals surface area contributed by atoms with Gasteiger partial charge in [0.2, 0.25) is 0 Å². The van der Waals surface area contributed by atoms with E-state index in [4.69, 9.17) is 0 Å². The molecule has 1 heterocycles. The van der Waals surface area contributed by atoms with E-state index < -0.39 is 0 Å². The molecule has 94 valence electrons. The highest BCUT2D eigenvalue weighted by Crippen LogP contribution is 2.33. The molecule has 1 saturated heterocycles. The van der Waals surface area contributed by atoms with Gasteiger partial charge in [-0.15, -0.1) is 0 Å². The summed E-state index contributed by atoms with van der Waals surface area (Å²) in [5.41, 5.74) is 0.668. The summed E-state index contributed by atoms with van der Waals surface area (Å²) in [5.74, 6) is 0. The molecule has 2 heteroatoms. The van der Waals surface area contributed by atoms with Crippen molar-refractivity contribution in [2.75, 3.05) is 13.1 Å². The van der Waals surface area contributed by atoms with Crippen molar-refractivity contribution in [1.82, 2.24) is 10.2 Å². The van der Waals surface area contributed by atoms with Crippen molar-refractivity contribution in [3.63, 3.8) is 0 Å². The lowest BCUT2D eigenvalue weighted by Gasteiger charge is -2.53. The smallest absolute Gasteiger partial charge is 0.0281 e. The molecule has 2 fully saturated rings. The van der Waals surface area contributed by atoms with Crippen molar-refractivity contribution in [2.24, 2.45) is 0 Å².